The molecular weight excluding hydrogens is 384 g/mol. The first-order valence-corrected chi connectivity index (χ1v) is 9.00. The van der Waals surface area contributed by atoms with Crippen LogP contribution in [0, 0.1) is 0 Å². The third-order valence-electron chi connectivity index (χ3n) is 5.13. The zero-order valence-electron chi connectivity index (χ0n) is 14.9. The number of hydrogen-bond acceptors (Lipinski definition) is 13. The van der Waals surface area contributed by atoms with Gasteiger partial charge in [0.2, 0.25) is 0 Å². The second kappa shape index (κ2) is 9.09. The molecule has 3 rings (SSSR count). The highest BCUT2D eigenvalue weighted by Gasteiger charge is 2.51. The van der Waals surface area contributed by atoms with Crippen LogP contribution >= 0.6 is 0 Å². The summed E-state index contributed by atoms with van der Waals surface area (Å²) in [5.74, 6) is 0. The SMILES string of the molecule is NC[C@H]1O[C@H](OC[C@H]2O[C@H](O)[C@@H](O)[C@@H]2O[C@H]2O[C@H](CN)[C@@H](O)[C@@H]2O)[C@@H](O)[C@@H]1O. The lowest BCUT2D eigenvalue weighted by molar-refractivity contribution is -0.224. The van der Waals surface area contributed by atoms with Crippen LogP contribution in [-0.4, -0.2) is 124 Å². The first kappa shape index (κ1) is 22.2. The van der Waals surface area contributed by atoms with E-state index in [2.05, 4.69) is 0 Å². The minimum Gasteiger partial charge on any atom is -0.387 e. The van der Waals surface area contributed by atoms with Crippen molar-refractivity contribution in [1.82, 2.24) is 0 Å². The zero-order chi connectivity index (χ0) is 20.6. The molecule has 0 bridgehead atoms. The Kier molecular flexibility index (Phi) is 7.20. The standard InChI is InChI=1S/C15H28N2O11/c16-1-4-7(18)9(20)14(26-4)24-3-6-12(11(22)13(23)25-6)28-15-10(21)8(19)5(2-17)27-15/h4-15,18-23H,1-3,16-17H2/t4-,5-,6-,7-,8-,9+,10+,11+,12-,13+,14+,15-/m1/s1. The molecule has 3 fully saturated rings. The maximum atomic E-state index is 10.1. The van der Waals surface area contributed by atoms with Crippen LogP contribution in [0.4, 0.5) is 0 Å². The molecule has 0 aromatic rings. The van der Waals surface area contributed by atoms with Gasteiger partial charge in [-0.05, 0) is 0 Å². The monoisotopic (exact) mass is 412 g/mol. The maximum Gasteiger partial charge on any atom is 0.187 e. The van der Waals surface area contributed by atoms with Crippen LogP contribution in [-0.2, 0) is 23.7 Å². The molecule has 3 heterocycles. The molecule has 13 heteroatoms. The molecule has 0 spiro atoms. The van der Waals surface area contributed by atoms with Gasteiger partial charge in [0, 0.05) is 13.1 Å². The Morgan fingerprint density at radius 2 is 1.18 bits per heavy atom. The van der Waals surface area contributed by atoms with Gasteiger partial charge in [-0.15, -0.1) is 0 Å². The average Bonchev–Trinajstić information content (AvgIpc) is 3.23. The molecule has 0 aromatic carbocycles. The van der Waals surface area contributed by atoms with E-state index in [4.69, 9.17) is 35.2 Å². The predicted octanol–water partition coefficient (Wildman–Crippen LogP) is -5.72. The fraction of sp³-hybridized carbons (Fsp3) is 1.00. The molecule has 164 valence electrons. The van der Waals surface area contributed by atoms with Crippen molar-refractivity contribution in [2.45, 2.75) is 73.8 Å². The predicted molar refractivity (Wildman–Crippen MR) is 87.2 cm³/mol. The van der Waals surface area contributed by atoms with Crippen molar-refractivity contribution in [3.63, 3.8) is 0 Å². The Bertz CT molecular complexity index is 516. The molecule has 28 heavy (non-hydrogen) atoms. The van der Waals surface area contributed by atoms with Crippen molar-refractivity contribution in [2.75, 3.05) is 19.7 Å². The Morgan fingerprint density at radius 1 is 0.643 bits per heavy atom. The molecule has 3 aliphatic heterocycles. The summed E-state index contributed by atoms with van der Waals surface area (Å²) < 4.78 is 26.7. The lowest BCUT2D eigenvalue weighted by Gasteiger charge is -2.26. The van der Waals surface area contributed by atoms with E-state index in [0.29, 0.717) is 0 Å². The maximum absolute atomic E-state index is 10.1. The quantitative estimate of drug-likeness (QED) is 0.196. The molecule has 13 nitrogen and oxygen atoms in total. The number of aliphatic hydroxyl groups excluding tert-OH is 6. The summed E-state index contributed by atoms with van der Waals surface area (Å²) in [5, 5.41) is 59.5. The van der Waals surface area contributed by atoms with E-state index in [0.717, 1.165) is 0 Å². The molecule has 0 radical (unpaired) electrons. The van der Waals surface area contributed by atoms with Gasteiger partial charge < -0.3 is 65.8 Å². The molecule has 12 atom stereocenters. The summed E-state index contributed by atoms with van der Waals surface area (Å²) in [5.41, 5.74) is 10.9. The molecular formula is C15H28N2O11. The topological polar surface area (TPSA) is 220 Å². The Morgan fingerprint density at radius 3 is 1.71 bits per heavy atom. The van der Waals surface area contributed by atoms with Gasteiger partial charge in [-0.3, -0.25) is 0 Å². The molecule has 3 aliphatic rings. The highest BCUT2D eigenvalue weighted by molar-refractivity contribution is 4.93. The first-order chi connectivity index (χ1) is 13.3. The lowest BCUT2D eigenvalue weighted by atomic mass is 10.1. The van der Waals surface area contributed by atoms with Crippen molar-refractivity contribution in [2.24, 2.45) is 11.5 Å². The van der Waals surface area contributed by atoms with Crippen molar-refractivity contribution in [3.8, 4) is 0 Å². The van der Waals surface area contributed by atoms with E-state index in [9.17, 15) is 30.6 Å². The van der Waals surface area contributed by atoms with Gasteiger partial charge in [0.15, 0.2) is 18.9 Å². The molecule has 10 N–H and O–H groups in total. The molecule has 0 aromatic heterocycles. The number of hydrogen-bond donors (Lipinski definition) is 8. The second-order valence-corrected chi connectivity index (χ2v) is 7.01. The third-order valence-corrected chi connectivity index (χ3v) is 5.13. The Labute approximate surface area is 160 Å². The van der Waals surface area contributed by atoms with Crippen LogP contribution in [0.5, 0.6) is 0 Å². The third kappa shape index (κ3) is 4.17. The Hall–Kier alpha value is -0.520. The summed E-state index contributed by atoms with van der Waals surface area (Å²) in [7, 11) is 0. The number of nitrogens with two attached hydrogens (primary N) is 2. The van der Waals surface area contributed by atoms with Crippen LogP contribution in [0.2, 0.25) is 0 Å². The van der Waals surface area contributed by atoms with Crippen molar-refractivity contribution < 1.29 is 54.3 Å². The molecule has 0 aliphatic carbocycles. The fourth-order valence-corrected chi connectivity index (χ4v) is 3.43. The van der Waals surface area contributed by atoms with Gasteiger partial charge >= 0.3 is 0 Å². The second-order valence-electron chi connectivity index (χ2n) is 7.01. The van der Waals surface area contributed by atoms with Crippen LogP contribution in [0.15, 0.2) is 0 Å². The van der Waals surface area contributed by atoms with Gasteiger partial charge in [0.05, 0.1) is 6.61 Å². The minimum absolute atomic E-state index is 0.0251. The normalized spacial score (nSPS) is 51.9. The van der Waals surface area contributed by atoms with E-state index in [1.165, 1.54) is 0 Å². The summed E-state index contributed by atoms with van der Waals surface area (Å²) >= 11 is 0. The number of rotatable bonds is 7. The largest absolute Gasteiger partial charge is 0.387 e. The summed E-state index contributed by atoms with van der Waals surface area (Å²) in [6.45, 7) is -0.378. The molecule has 0 unspecified atom stereocenters. The van der Waals surface area contributed by atoms with Crippen LogP contribution < -0.4 is 11.5 Å². The lowest BCUT2D eigenvalue weighted by Crippen LogP contribution is -2.44. The van der Waals surface area contributed by atoms with Gasteiger partial charge in [0.1, 0.15) is 54.9 Å². The summed E-state index contributed by atoms with van der Waals surface area (Å²) in [4.78, 5) is 0. The Balaban J connectivity index is 1.59. The smallest absolute Gasteiger partial charge is 0.187 e. The van der Waals surface area contributed by atoms with Crippen molar-refractivity contribution in [1.29, 1.82) is 0 Å². The highest BCUT2D eigenvalue weighted by atomic mass is 16.7. The zero-order valence-corrected chi connectivity index (χ0v) is 14.9. The average molecular weight is 412 g/mol. The van der Waals surface area contributed by atoms with Crippen molar-refractivity contribution >= 4 is 0 Å². The van der Waals surface area contributed by atoms with Gasteiger partial charge in [0.25, 0.3) is 0 Å². The van der Waals surface area contributed by atoms with Gasteiger partial charge in [-0.1, -0.05) is 0 Å². The number of aliphatic hydroxyl groups is 6. The summed E-state index contributed by atoms with van der Waals surface area (Å²) in [6.07, 6.45) is -14.7. The van der Waals surface area contributed by atoms with Crippen LogP contribution in [0.1, 0.15) is 0 Å². The van der Waals surface area contributed by atoms with E-state index in [1.807, 2.05) is 0 Å². The van der Waals surface area contributed by atoms with Crippen molar-refractivity contribution in [3.05, 3.63) is 0 Å². The van der Waals surface area contributed by atoms with E-state index >= 15 is 0 Å². The molecule has 3 saturated heterocycles. The van der Waals surface area contributed by atoms with E-state index in [1.54, 1.807) is 0 Å². The van der Waals surface area contributed by atoms with E-state index in [-0.39, 0.29) is 19.7 Å². The number of ether oxygens (including phenoxy) is 5. The van der Waals surface area contributed by atoms with Gasteiger partial charge in [-0.2, -0.15) is 0 Å². The van der Waals surface area contributed by atoms with Gasteiger partial charge in [-0.25, -0.2) is 0 Å². The fourth-order valence-electron chi connectivity index (χ4n) is 3.43. The molecule has 0 amide bonds. The van der Waals surface area contributed by atoms with Crippen LogP contribution in [0.3, 0.4) is 0 Å². The van der Waals surface area contributed by atoms with Crippen LogP contribution in [0.25, 0.3) is 0 Å². The first-order valence-electron chi connectivity index (χ1n) is 9.00. The minimum atomic E-state index is -1.59. The van der Waals surface area contributed by atoms with E-state index < -0.39 is 73.8 Å². The molecule has 0 saturated carbocycles. The summed E-state index contributed by atoms with van der Waals surface area (Å²) in [6, 6.07) is 0. The highest BCUT2D eigenvalue weighted by Crippen LogP contribution is 2.30.